The molecule has 0 aliphatic rings. The highest BCUT2D eigenvalue weighted by Gasteiger charge is 2.03. The Balaban J connectivity index is 2.20. The largest absolute Gasteiger partial charge is 0.240 e. The molecule has 0 amide bonds. The molecular formula is C11H7BrCl2N2. The number of aromatic nitrogens is 2. The second-order valence-corrected chi connectivity index (χ2v) is 4.88. The summed E-state index contributed by atoms with van der Waals surface area (Å²) in [6.07, 6.45) is 2.30. The molecule has 5 heteroatoms. The van der Waals surface area contributed by atoms with Gasteiger partial charge in [-0.1, -0.05) is 35.3 Å². The highest BCUT2D eigenvalue weighted by molar-refractivity contribution is 9.10. The summed E-state index contributed by atoms with van der Waals surface area (Å²) in [5.41, 5.74) is 1.10. The van der Waals surface area contributed by atoms with E-state index in [0.717, 1.165) is 10.6 Å². The van der Waals surface area contributed by atoms with Crippen LogP contribution in [0.2, 0.25) is 10.2 Å². The molecule has 1 heterocycles. The molecule has 1 aromatic heterocycles. The summed E-state index contributed by atoms with van der Waals surface area (Å²) in [4.78, 5) is 8.35. The summed E-state index contributed by atoms with van der Waals surface area (Å²) >= 11 is 14.9. The molecule has 0 saturated carbocycles. The predicted octanol–water partition coefficient (Wildman–Crippen LogP) is 4.14. The van der Waals surface area contributed by atoms with Gasteiger partial charge >= 0.3 is 0 Å². The normalized spacial score (nSPS) is 10.4. The van der Waals surface area contributed by atoms with Gasteiger partial charge < -0.3 is 0 Å². The van der Waals surface area contributed by atoms with Crippen LogP contribution in [0, 0.1) is 0 Å². The molecule has 0 spiro atoms. The number of halogens is 3. The minimum absolute atomic E-state index is 0.430. The molecule has 0 radical (unpaired) electrons. The minimum Gasteiger partial charge on any atom is -0.240 e. The van der Waals surface area contributed by atoms with Crippen LogP contribution in [0.4, 0.5) is 0 Å². The summed E-state index contributed by atoms with van der Waals surface area (Å²) in [6, 6.07) is 7.58. The van der Waals surface area contributed by atoms with Crippen LogP contribution < -0.4 is 0 Å². The van der Waals surface area contributed by atoms with Crippen molar-refractivity contribution in [3.8, 4) is 0 Å². The quantitative estimate of drug-likeness (QED) is 0.778. The average molecular weight is 318 g/mol. The van der Waals surface area contributed by atoms with Crippen molar-refractivity contribution < 1.29 is 0 Å². The van der Waals surface area contributed by atoms with Crippen LogP contribution in [0.5, 0.6) is 0 Å². The number of hydrogen-bond acceptors (Lipinski definition) is 2. The van der Waals surface area contributed by atoms with Crippen molar-refractivity contribution in [1.29, 1.82) is 0 Å². The van der Waals surface area contributed by atoms with Crippen LogP contribution in [0.3, 0.4) is 0 Å². The summed E-state index contributed by atoms with van der Waals surface area (Å²) in [6.45, 7) is 0. The van der Waals surface area contributed by atoms with Gasteiger partial charge in [-0.2, -0.15) is 0 Å². The van der Waals surface area contributed by atoms with Crippen molar-refractivity contribution in [3.63, 3.8) is 0 Å². The van der Waals surface area contributed by atoms with Gasteiger partial charge in [-0.3, -0.25) is 0 Å². The number of nitrogens with zero attached hydrogens (tertiary/aromatic N) is 2. The minimum atomic E-state index is 0.430. The van der Waals surface area contributed by atoms with E-state index in [9.17, 15) is 0 Å². The second kappa shape index (κ2) is 5.13. The highest BCUT2D eigenvalue weighted by Crippen LogP contribution is 2.19. The van der Waals surface area contributed by atoms with Gasteiger partial charge in [0.1, 0.15) is 11.0 Å². The smallest absolute Gasteiger partial charge is 0.146 e. The van der Waals surface area contributed by atoms with Crippen molar-refractivity contribution in [3.05, 3.63) is 56.5 Å². The Kier molecular flexibility index (Phi) is 3.79. The Bertz CT molecular complexity index is 500. The molecule has 16 heavy (non-hydrogen) atoms. The van der Waals surface area contributed by atoms with Gasteiger partial charge in [0.05, 0.1) is 4.47 Å². The standard InChI is InChI=1S/C11H7BrCl2N2/c12-9-6-15-10(16-11(9)14)5-7-1-3-8(13)4-2-7/h1-4,6H,5H2. The topological polar surface area (TPSA) is 25.8 Å². The molecule has 2 aromatic rings. The second-order valence-electron chi connectivity index (χ2n) is 3.23. The molecule has 0 aliphatic carbocycles. The average Bonchev–Trinajstić information content (AvgIpc) is 2.27. The number of benzene rings is 1. The van der Waals surface area contributed by atoms with E-state index in [4.69, 9.17) is 23.2 Å². The van der Waals surface area contributed by atoms with E-state index in [1.165, 1.54) is 0 Å². The first-order valence-corrected chi connectivity index (χ1v) is 6.11. The predicted molar refractivity (Wildman–Crippen MR) is 69.0 cm³/mol. The summed E-state index contributed by atoms with van der Waals surface area (Å²) in [5.74, 6) is 0.690. The van der Waals surface area contributed by atoms with Crippen molar-refractivity contribution in [2.75, 3.05) is 0 Å². The van der Waals surface area contributed by atoms with Gasteiger partial charge in [-0.15, -0.1) is 0 Å². The lowest BCUT2D eigenvalue weighted by molar-refractivity contribution is 0.962. The van der Waals surface area contributed by atoms with Gasteiger partial charge in [0.2, 0.25) is 0 Å². The molecule has 0 atom stereocenters. The van der Waals surface area contributed by atoms with E-state index in [1.807, 2.05) is 24.3 Å². The first-order chi connectivity index (χ1) is 7.65. The van der Waals surface area contributed by atoms with Gasteiger partial charge in [0.25, 0.3) is 0 Å². The van der Waals surface area contributed by atoms with E-state index in [2.05, 4.69) is 25.9 Å². The monoisotopic (exact) mass is 316 g/mol. The molecule has 0 saturated heterocycles. The molecule has 2 rings (SSSR count). The lowest BCUT2D eigenvalue weighted by atomic mass is 10.1. The van der Waals surface area contributed by atoms with Crippen LogP contribution in [-0.4, -0.2) is 9.97 Å². The zero-order valence-electron chi connectivity index (χ0n) is 8.12. The molecule has 1 aromatic carbocycles. The van der Waals surface area contributed by atoms with E-state index < -0.39 is 0 Å². The molecule has 82 valence electrons. The van der Waals surface area contributed by atoms with E-state index in [0.29, 0.717) is 21.9 Å². The van der Waals surface area contributed by atoms with Gasteiger partial charge in [0, 0.05) is 17.6 Å². The molecule has 2 nitrogen and oxygen atoms in total. The molecule has 0 fully saturated rings. The van der Waals surface area contributed by atoms with Crippen LogP contribution in [0.15, 0.2) is 34.9 Å². The van der Waals surface area contributed by atoms with Crippen LogP contribution in [0.25, 0.3) is 0 Å². The zero-order valence-corrected chi connectivity index (χ0v) is 11.2. The SMILES string of the molecule is Clc1ccc(Cc2ncc(Br)c(Cl)n2)cc1. The fourth-order valence-electron chi connectivity index (χ4n) is 1.25. The maximum atomic E-state index is 5.89. The Morgan fingerprint density at radius 3 is 2.44 bits per heavy atom. The third-order valence-electron chi connectivity index (χ3n) is 2.03. The van der Waals surface area contributed by atoms with Crippen molar-refractivity contribution in [1.82, 2.24) is 9.97 Å². The van der Waals surface area contributed by atoms with Crippen LogP contribution in [-0.2, 0) is 6.42 Å². The van der Waals surface area contributed by atoms with Crippen molar-refractivity contribution >= 4 is 39.1 Å². The summed E-state index contributed by atoms with van der Waals surface area (Å²) in [7, 11) is 0. The van der Waals surface area contributed by atoms with Crippen molar-refractivity contribution in [2.45, 2.75) is 6.42 Å². The molecule has 0 aliphatic heterocycles. The molecule has 0 bridgehead atoms. The zero-order chi connectivity index (χ0) is 11.5. The van der Waals surface area contributed by atoms with Crippen LogP contribution in [0.1, 0.15) is 11.4 Å². The molecule has 0 unspecified atom stereocenters. The lowest BCUT2D eigenvalue weighted by Gasteiger charge is -2.02. The number of rotatable bonds is 2. The summed E-state index contributed by atoms with van der Waals surface area (Å²) < 4.78 is 0.703. The first-order valence-electron chi connectivity index (χ1n) is 4.56. The van der Waals surface area contributed by atoms with Gasteiger partial charge in [-0.25, -0.2) is 9.97 Å². The van der Waals surface area contributed by atoms with Crippen LogP contribution >= 0.6 is 39.1 Å². The van der Waals surface area contributed by atoms with Gasteiger partial charge in [0.15, 0.2) is 0 Å². The third-order valence-corrected chi connectivity index (χ3v) is 3.38. The van der Waals surface area contributed by atoms with Crippen molar-refractivity contribution in [2.24, 2.45) is 0 Å². The Morgan fingerprint density at radius 2 is 1.81 bits per heavy atom. The Labute approximate surface area is 112 Å². The first kappa shape index (κ1) is 11.8. The van der Waals surface area contributed by atoms with E-state index in [1.54, 1.807) is 6.20 Å². The van der Waals surface area contributed by atoms with Gasteiger partial charge in [-0.05, 0) is 33.6 Å². The number of hydrogen-bond donors (Lipinski definition) is 0. The lowest BCUT2D eigenvalue weighted by Crippen LogP contribution is -1.96. The fourth-order valence-corrected chi connectivity index (χ4v) is 1.71. The highest BCUT2D eigenvalue weighted by atomic mass is 79.9. The maximum Gasteiger partial charge on any atom is 0.146 e. The molecule has 0 N–H and O–H groups in total. The van der Waals surface area contributed by atoms with E-state index in [-0.39, 0.29) is 0 Å². The molecular weight excluding hydrogens is 311 g/mol. The van der Waals surface area contributed by atoms with E-state index >= 15 is 0 Å². The fraction of sp³-hybridized carbons (Fsp3) is 0.0909. The Morgan fingerprint density at radius 1 is 1.12 bits per heavy atom. The summed E-state index contributed by atoms with van der Waals surface area (Å²) in [5, 5.41) is 1.15. The maximum absolute atomic E-state index is 5.89. The Hall–Kier alpha value is -0.640. The third kappa shape index (κ3) is 2.94.